The summed E-state index contributed by atoms with van der Waals surface area (Å²) >= 11 is 0. The Morgan fingerprint density at radius 2 is 1.85 bits per heavy atom. The molecule has 26 heavy (non-hydrogen) atoms. The molecule has 7 heteroatoms. The molecular weight excluding hydrogens is 448 g/mol. The Hall–Kier alpha value is -2.03. The second-order valence-corrected chi connectivity index (χ2v) is 5.37. The summed E-state index contributed by atoms with van der Waals surface area (Å²) in [5.41, 5.74) is 1.86. The van der Waals surface area contributed by atoms with Gasteiger partial charge < -0.3 is 20.1 Å². The molecule has 0 saturated carbocycles. The van der Waals surface area contributed by atoms with E-state index in [2.05, 4.69) is 15.6 Å². The molecule has 2 aromatic rings. The highest BCUT2D eigenvalue weighted by Gasteiger charge is 2.04. The number of nitrogens with zero attached hydrogens (tertiary/aromatic N) is 1. The molecule has 0 fully saturated rings. The summed E-state index contributed by atoms with van der Waals surface area (Å²) in [5.74, 6) is 1.34. The fourth-order valence-corrected chi connectivity index (χ4v) is 2.29. The van der Waals surface area contributed by atoms with Gasteiger partial charge in [-0.1, -0.05) is 18.2 Å². The summed E-state index contributed by atoms with van der Waals surface area (Å²) in [5, 5.41) is 6.38. The zero-order chi connectivity index (χ0) is 18.1. The van der Waals surface area contributed by atoms with Crippen molar-refractivity contribution in [3.63, 3.8) is 0 Å². The quantitative estimate of drug-likeness (QED) is 0.366. The van der Waals surface area contributed by atoms with Gasteiger partial charge >= 0.3 is 0 Å². The van der Waals surface area contributed by atoms with Crippen molar-refractivity contribution in [1.29, 1.82) is 0 Å². The van der Waals surface area contributed by atoms with Crippen LogP contribution in [0, 0.1) is 5.82 Å². The lowest BCUT2D eigenvalue weighted by molar-refractivity contribution is 0.386. The number of hydrogen-bond acceptors (Lipinski definition) is 3. The van der Waals surface area contributed by atoms with Gasteiger partial charge in [0.05, 0.1) is 20.8 Å². The molecular formula is C19H25FIN3O2. The zero-order valence-corrected chi connectivity index (χ0v) is 17.5. The third-order valence-electron chi connectivity index (χ3n) is 3.57. The maximum Gasteiger partial charge on any atom is 0.191 e. The normalized spacial score (nSPS) is 10.7. The number of rotatable bonds is 7. The molecule has 2 aromatic carbocycles. The minimum Gasteiger partial charge on any atom is -0.497 e. The van der Waals surface area contributed by atoms with Crippen molar-refractivity contribution in [1.82, 2.24) is 10.6 Å². The average molecular weight is 473 g/mol. The molecule has 0 unspecified atom stereocenters. The predicted molar refractivity (Wildman–Crippen MR) is 113 cm³/mol. The molecule has 0 atom stereocenters. The molecule has 0 spiro atoms. The largest absolute Gasteiger partial charge is 0.497 e. The standard InChI is InChI=1S/C19H24FN3O2.HI/c1-4-21-19(22-12-14-6-5-7-16(10-14)24-2)23-13-15-8-9-18(25-3)17(20)11-15;/h5-11H,4,12-13H2,1-3H3,(H2,21,22,23);1H. The number of ether oxygens (including phenoxy) is 2. The van der Waals surface area contributed by atoms with E-state index in [9.17, 15) is 4.39 Å². The molecule has 2 rings (SSSR count). The monoisotopic (exact) mass is 473 g/mol. The van der Waals surface area contributed by atoms with Crippen LogP contribution >= 0.6 is 24.0 Å². The summed E-state index contributed by atoms with van der Waals surface area (Å²) < 4.78 is 23.9. The van der Waals surface area contributed by atoms with E-state index >= 15 is 0 Å². The Labute approximate surface area is 171 Å². The van der Waals surface area contributed by atoms with Gasteiger partial charge in [0.1, 0.15) is 5.75 Å². The first-order chi connectivity index (χ1) is 12.2. The number of halogens is 2. The second-order valence-electron chi connectivity index (χ2n) is 5.37. The van der Waals surface area contributed by atoms with Crippen LogP contribution in [0.1, 0.15) is 18.1 Å². The molecule has 0 aromatic heterocycles. The van der Waals surface area contributed by atoms with Gasteiger partial charge in [-0.2, -0.15) is 0 Å². The highest BCUT2D eigenvalue weighted by atomic mass is 127. The smallest absolute Gasteiger partial charge is 0.191 e. The van der Waals surface area contributed by atoms with Crippen molar-refractivity contribution in [2.75, 3.05) is 20.8 Å². The van der Waals surface area contributed by atoms with Gasteiger partial charge in [-0.3, -0.25) is 0 Å². The Morgan fingerprint density at radius 3 is 2.50 bits per heavy atom. The van der Waals surface area contributed by atoms with Gasteiger partial charge in [-0.15, -0.1) is 24.0 Å². The van der Waals surface area contributed by atoms with Crippen LogP contribution in [0.3, 0.4) is 0 Å². The summed E-state index contributed by atoms with van der Waals surface area (Å²) in [6, 6.07) is 12.7. The summed E-state index contributed by atoms with van der Waals surface area (Å²) in [7, 11) is 3.09. The van der Waals surface area contributed by atoms with Crippen molar-refractivity contribution < 1.29 is 13.9 Å². The highest BCUT2D eigenvalue weighted by molar-refractivity contribution is 14.0. The number of guanidine groups is 1. The van der Waals surface area contributed by atoms with Crippen molar-refractivity contribution in [2.24, 2.45) is 4.99 Å². The third-order valence-corrected chi connectivity index (χ3v) is 3.57. The Bertz CT molecular complexity index is 726. The van der Waals surface area contributed by atoms with Crippen molar-refractivity contribution in [3.05, 3.63) is 59.4 Å². The Balaban J connectivity index is 0.00000338. The fraction of sp³-hybridized carbons (Fsp3) is 0.316. The fourth-order valence-electron chi connectivity index (χ4n) is 2.29. The van der Waals surface area contributed by atoms with E-state index < -0.39 is 0 Å². The average Bonchev–Trinajstić information content (AvgIpc) is 2.64. The Morgan fingerprint density at radius 1 is 1.04 bits per heavy atom. The molecule has 0 saturated heterocycles. The molecule has 0 radical (unpaired) electrons. The lowest BCUT2D eigenvalue weighted by atomic mass is 10.2. The van der Waals surface area contributed by atoms with Crippen molar-refractivity contribution >= 4 is 29.9 Å². The molecule has 5 nitrogen and oxygen atoms in total. The van der Waals surface area contributed by atoms with Crippen LogP contribution in [-0.4, -0.2) is 26.7 Å². The zero-order valence-electron chi connectivity index (χ0n) is 15.2. The second kappa shape index (κ2) is 11.6. The van der Waals surface area contributed by atoms with E-state index in [1.165, 1.54) is 13.2 Å². The number of nitrogens with one attached hydrogen (secondary N) is 2. The maximum atomic E-state index is 13.8. The van der Waals surface area contributed by atoms with Crippen LogP contribution < -0.4 is 20.1 Å². The molecule has 2 N–H and O–H groups in total. The third kappa shape index (κ3) is 6.70. The van der Waals surface area contributed by atoms with Crippen LogP contribution in [0.15, 0.2) is 47.5 Å². The van der Waals surface area contributed by atoms with Gasteiger partial charge in [0.25, 0.3) is 0 Å². The summed E-state index contributed by atoms with van der Waals surface area (Å²) in [6.45, 7) is 3.71. The van der Waals surface area contributed by atoms with Gasteiger partial charge in [0.15, 0.2) is 17.5 Å². The van der Waals surface area contributed by atoms with E-state index in [1.807, 2.05) is 37.3 Å². The SMILES string of the molecule is CCNC(=NCc1cccc(OC)c1)NCc1ccc(OC)c(F)c1.I. The highest BCUT2D eigenvalue weighted by Crippen LogP contribution is 2.17. The minimum absolute atomic E-state index is 0. The predicted octanol–water partition coefficient (Wildman–Crippen LogP) is 3.72. The molecule has 0 aliphatic heterocycles. The number of hydrogen-bond donors (Lipinski definition) is 2. The summed E-state index contributed by atoms with van der Waals surface area (Å²) in [4.78, 5) is 4.55. The van der Waals surface area contributed by atoms with Gasteiger partial charge in [-0.25, -0.2) is 9.38 Å². The van der Waals surface area contributed by atoms with Crippen LogP contribution in [0.2, 0.25) is 0 Å². The minimum atomic E-state index is -0.375. The van der Waals surface area contributed by atoms with Crippen LogP contribution in [0.25, 0.3) is 0 Å². The van der Waals surface area contributed by atoms with Crippen molar-refractivity contribution in [2.45, 2.75) is 20.0 Å². The lowest BCUT2D eigenvalue weighted by Crippen LogP contribution is -2.36. The van der Waals surface area contributed by atoms with E-state index in [0.717, 1.165) is 23.4 Å². The molecule has 0 bridgehead atoms. The lowest BCUT2D eigenvalue weighted by Gasteiger charge is -2.12. The topological polar surface area (TPSA) is 54.9 Å². The van der Waals surface area contributed by atoms with Crippen LogP contribution in [0.5, 0.6) is 11.5 Å². The number of benzene rings is 2. The number of methoxy groups -OCH3 is 2. The van der Waals surface area contributed by atoms with Crippen LogP contribution in [-0.2, 0) is 13.1 Å². The molecule has 142 valence electrons. The van der Waals surface area contributed by atoms with Crippen molar-refractivity contribution in [3.8, 4) is 11.5 Å². The van der Waals surface area contributed by atoms with E-state index in [-0.39, 0.29) is 35.5 Å². The molecule has 0 amide bonds. The first-order valence-corrected chi connectivity index (χ1v) is 8.13. The molecule has 0 heterocycles. The van der Waals surface area contributed by atoms with Gasteiger partial charge in [-0.05, 0) is 42.3 Å². The molecule has 0 aliphatic rings. The van der Waals surface area contributed by atoms with E-state index in [0.29, 0.717) is 19.0 Å². The van der Waals surface area contributed by atoms with E-state index in [1.54, 1.807) is 13.2 Å². The maximum absolute atomic E-state index is 13.8. The number of aliphatic imine (C=N–C) groups is 1. The first-order valence-electron chi connectivity index (χ1n) is 8.13. The molecule has 0 aliphatic carbocycles. The Kier molecular flexibility index (Phi) is 9.79. The first kappa shape index (κ1) is 22.0. The van der Waals surface area contributed by atoms with Crippen LogP contribution in [0.4, 0.5) is 4.39 Å². The summed E-state index contributed by atoms with van der Waals surface area (Å²) in [6.07, 6.45) is 0. The van der Waals surface area contributed by atoms with Gasteiger partial charge in [0.2, 0.25) is 0 Å². The van der Waals surface area contributed by atoms with Gasteiger partial charge in [0, 0.05) is 13.1 Å². The van der Waals surface area contributed by atoms with E-state index in [4.69, 9.17) is 9.47 Å².